The Kier molecular flexibility index (Phi) is 6.56. The number of rotatable bonds is 8. The lowest BCUT2D eigenvalue weighted by Gasteiger charge is -2.22. The number of thiophene rings is 1. The minimum Gasteiger partial charge on any atom is -0.322 e. The Balaban J connectivity index is 1.54. The number of nitrogens with zero attached hydrogens (tertiary/aromatic N) is 2. The van der Waals surface area contributed by atoms with Gasteiger partial charge in [0.1, 0.15) is 5.54 Å². The number of amides is 4. The van der Waals surface area contributed by atoms with Crippen LogP contribution in [0.2, 0.25) is 4.34 Å². The highest BCUT2D eigenvalue weighted by atomic mass is 35.5. The standard InChI is InChI=1S/C20H23ClN4O3S/c1-20(11-10-14-6-4-3-5-7-14)18(27)25(19(28)22-20)23-17(26)13-24(2)12-15-8-9-16(21)29-15/h3-9H,10-13H2,1-2H3,(H,22,28)(H,23,26). The van der Waals surface area contributed by atoms with Crippen LogP contribution in [0.3, 0.4) is 0 Å². The van der Waals surface area contributed by atoms with E-state index in [4.69, 9.17) is 11.6 Å². The van der Waals surface area contributed by atoms with E-state index < -0.39 is 23.4 Å². The minimum absolute atomic E-state index is 0.0350. The van der Waals surface area contributed by atoms with E-state index in [9.17, 15) is 14.4 Å². The number of aryl methyl sites for hydroxylation is 1. The number of nitrogens with one attached hydrogen (secondary N) is 2. The van der Waals surface area contributed by atoms with E-state index in [2.05, 4.69) is 10.7 Å². The molecule has 7 nitrogen and oxygen atoms in total. The Labute approximate surface area is 178 Å². The van der Waals surface area contributed by atoms with Crippen molar-refractivity contribution >= 4 is 40.8 Å². The summed E-state index contributed by atoms with van der Waals surface area (Å²) < 4.78 is 0.687. The highest BCUT2D eigenvalue weighted by molar-refractivity contribution is 7.16. The summed E-state index contributed by atoms with van der Waals surface area (Å²) in [6, 6.07) is 12.8. The summed E-state index contributed by atoms with van der Waals surface area (Å²) in [5, 5.41) is 3.48. The Morgan fingerprint density at radius 3 is 2.62 bits per heavy atom. The van der Waals surface area contributed by atoms with Gasteiger partial charge < -0.3 is 5.32 Å². The van der Waals surface area contributed by atoms with Gasteiger partial charge in [0, 0.05) is 11.4 Å². The van der Waals surface area contributed by atoms with Crippen molar-refractivity contribution in [3.63, 3.8) is 0 Å². The van der Waals surface area contributed by atoms with Gasteiger partial charge in [0.05, 0.1) is 10.9 Å². The molecule has 1 fully saturated rings. The van der Waals surface area contributed by atoms with E-state index in [-0.39, 0.29) is 6.54 Å². The van der Waals surface area contributed by atoms with E-state index in [0.29, 0.717) is 23.7 Å². The number of hydrogen-bond donors (Lipinski definition) is 2. The third kappa shape index (κ3) is 5.35. The highest BCUT2D eigenvalue weighted by Crippen LogP contribution is 2.23. The van der Waals surface area contributed by atoms with Crippen LogP contribution in [-0.2, 0) is 22.6 Å². The number of likely N-dealkylation sites (N-methyl/N-ethyl adjacent to an activating group) is 1. The van der Waals surface area contributed by atoms with Gasteiger partial charge in [0.25, 0.3) is 11.8 Å². The van der Waals surface area contributed by atoms with Gasteiger partial charge in [-0.1, -0.05) is 41.9 Å². The van der Waals surface area contributed by atoms with Gasteiger partial charge in [-0.15, -0.1) is 11.3 Å². The second-order valence-corrected chi connectivity index (χ2v) is 9.10. The first kappa shape index (κ1) is 21.3. The van der Waals surface area contributed by atoms with Crippen LogP contribution >= 0.6 is 22.9 Å². The molecule has 0 spiro atoms. The predicted molar refractivity (Wildman–Crippen MR) is 112 cm³/mol. The molecule has 1 atom stereocenters. The van der Waals surface area contributed by atoms with Crippen molar-refractivity contribution in [2.24, 2.45) is 0 Å². The maximum absolute atomic E-state index is 12.8. The Bertz CT molecular complexity index is 904. The summed E-state index contributed by atoms with van der Waals surface area (Å²) in [6.45, 7) is 2.25. The summed E-state index contributed by atoms with van der Waals surface area (Å²) in [7, 11) is 1.78. The summed E-state index contributed by atoms with van der Waals surface area (Å²) in [4.78, 5) is 40.2. The molecule has 1 aliphatic rings. The number of hydrazine groups is 1. The molecule has 2 heterocycles. The fourth-order valence-corrected chi connectivity index (χ4v) is 4.33. The van der Waals surface area contributed by atoms with Crippen LogP contribution in [0.5, 0.6) is 0 Å². The number of carbonyl (C=O) groups excluding carboxylic acids is 3. The van der Waals surface area contributed by atoms with Crippen LogP contribution < -0.4 is 10.7 Å². The van der Waals surface area contributed by atoms with Crippen molar-refractivity contribution in [1.82, 2.24) is 20.7 Å². The van der Waals surface area contributed by atoms with E-state index in [1.54, 1.807) is 24.9 Å². The van der Waals surface area contributed by atoms with E-state index in [1.807, 2.05) is 36.4 Å². The molecule has 0 bridgehead atoms. The second-order valence-electron chi connectivity index (χ2n) is 7.30. The summed E-state index contributed by atoms with van der Waals surface area (Å²) in [5.41, 5.74) is 2.44. The van der Waals surface area contributed by atoms with Gasteiger partial charge in [0.15, 0.2) is 0 Å². The zero-order valence-electron chi connectivity index (χ0n) is 16.3. The zero-order chi connectivity index (χ0) is 21.0. The van der Waals surface area contributed by atoms with E-state index in [1.165, 1.54) is 11.3 Å². The number of benzene rings is 1. The first-order valence-electron chi connectivity index (χ1n) is 9.20. The lowest BCUT2D eigenvalue weighted by Crippen LogP contribution is -2.51. The maximum Gasteiger partial charge on any atom is 0.344 e. The van der Waals surface area contributed by atoms with Crippen LogP contribution in [0.15, 0.2) is 42.5 Å². The molecule has 0 radical (unpaired) electrons. The molecule has 0 aliphatic carbocycles. The van der Waals surface area contributed by atoms with Gasteiger partial charge >= 0.3 is 6.03 Å². The first-order chi connectivity index (χ1) is 13.8. The third-order valence-corrected chi connectivity index (χ3v) is 5.94. The van der Waals surface area contributed by atoms with Crippen molar-refractivity contribution in [3.8, 4) is 0 Å². The molecule has 2 N–H and O–H groups in total. The van der Waals surface area contributed by atoms with Crippen molar-refractivity contribution < 1.29 is 14.4 Å². The molecule has 1 aromatic heterocycles. The first-order valence-corrected chi connectivity index (χ1v) is 10.4. The fraction of sp³-hybridized carbons (Fsp3) is 0.350. The molecule has 9 heteroatoms. The van der Waals surface area contributed by atoms with Crippen LogP contribution in [0.1, 0.15) is 23.8 Å². The summed E-state index contributed by atoms with van der Waals surface area (Å²) in [5.74, 6) is -0.898. The monoisotopic (exact) mass is 434 g/mol. The molecule has 29 heavy (non-hydrogen) atoms. The summed E-state index contributed by atoms with van der Waals surface area (Å²) >= 11 is 7.36. The summed E-state index contributed by atoms with van der Waals surface area (Å²) in [6.07, 6.45) is 1.07. The fourth-order valence-electron chi connectivity index (χ4n) is 3.16. The molecule has 2 aromatic rings. The highest BCUT2D eigenvalue weighted by Gasteiger charge is 2.48. The van der Waals surface area contributed by atoms with Crippen LogP contribution in [-0.4, -0.2) is 46.9 Å². The Hall–Kier alpha value is -2.42. The topological polar surface area (TPSA) is 81.8 Å². The maximum atomic E-state index is 12.8. The molecule has 4 amide bonds. The number of carbonyl (C=O) groups is 3. The van der Waals surface area contributed by atoms with Crippen molar-refractivity contribution in [1.29, 1.82) is 0 Å². The van der Waals surface area contributed by atoms with E-state index in [0.717, 1.165) is 15.4 Å². The molecule has 1 saturated heterocycles. The average molecular weight is 435 g/mol. The largest absolute Gasteiger partial charge is 0.344 e. The van der Waals surface area contributed by atoms with Gasteiger partial charge in [-0.3, -0.25) is 19.9 Å². The van der Waals surface area contributed by atoms with Crippen LogP contribution in [0.4, 0.5) is 4.79 Å². The lowest BCUT2D eigenvalue weighted by atomic mass is 9.93. The number of halogens is 1. The van der Waals surface area contributed by atoms with Gasteiger partial charge in [-0.05, 0) is 44.5 Å². The molecule has 154 valence electrons. The average Bonchev–Trinajstić information content (AvgIpc) is 3.17. The molecule has 0 saturated carbocycles. The van der Waals surface area contributed by atoms with Gasteiger partial charge in [-0.25, -0.2) is 4.79 Å². The molecular weight excluding hydrogens is 412 g/mol. The molecule has 1 unspecified atom stereocenters. The smallest absolute Gasteiger partial charge is 0.322 e. The Morgan fingerprint density at radius 2 is 1.97 bits per heavy atom. The zero-order valence-corrected chi connectivity index (χ0v) is 17.8. The normalized spacial score (nSPS) is 19.0. The quantitative estimate of drug-likeness (QED) is 0.626. The van der Waals surface area contributed by atoms with Crippen molar-refractivity contribution in [2.75, 3.05) is 13.6 Å². The SMILES string of the molecule is CN(CC(=O)NN1C(=O)NC(C)(CCc2ccccc2)C1=O)Cc1ccc(Cl)s1. The minimum atomic E-state index is -1.06. The van der Waals surface area contributed by atoms with Crippen LogP contribution in [0, 0.1) is 0 Å². The van der Waals surface area contributed by atoms with Gasteiger partial charge in [-0.2, -0.15) is 5.01 Å². The number of imide groups is 1. The molecule has 1 aliphatic heterocycles. The predicted octanol–water partition coefficient (Wildman–Crippen LogP) is 2.81. The number of hydrogen-bond acceptors (Lipinski definition) is 5. The molecule has 1 aromatic carbocycles. The van der Waals surface area contributed by atoms with Gasteiger partial charge in [0.2, 0.25) is 0 Å². The van der Waals surface area contributed by atoms with E-state index >= 15 is 0 Å². The van der Waals surface area contributed by atoms with Crippen LogP contribution in [0.25, 0.3) is 0 Å². The second kappa shape index (κ2) is 8.94. The Morgan fingerprint density at radius 1 is 1.24 bits per heavy atom. The van der Waals surface area contributed by atoms with Crippen molar-refractivity contribution in [2.45, 2.75) is 31.8 Å². The number of urea groups is 1. The third-order valence-electron chi connectivity index (χ3n) is 4.72. The molecular formula is C20H23ClN4O3S. The molecule has 3 rings (SSSR count). The van der Waals surface area contributed by atoms with Crippen molar-refractivity contribution in [3.05, 3.63) is 57.2 Å². The lowest BCUT2D eigenvalue weighted by molar-refractivity contribution is -0.139.